The molecule has 0 saturated carbocycles. The number of nitrogens with zero attached hydrogens (tertiary/aromatic N) is 2. The minimum atomic E-state index is -0.604. The van der Waals surface area contributed by atoms with E-state index in [9.17, 15) is 9.59 Å². The first-order valence-corrected chi connectivity index (χ1v) is 7.91. The van der Waals surface area contributed by atoms with Gasteiger partial charge in [-0.05, 0) is 24.6 Å². The molecule has 6 heteroatoms. The Bertz CT molecular complexity index is 748. The second kappa shape index (κ2) is 9.87. The van der Waals surface area contributed by atoms with Crippen LogP contribution in [-0.4, -0.2) is 34.7 Å². The first-order chi connectivity index (χ1) is 12.2. The van der Waals surface area contributed by atoms with Gasteiger partial charge in [-0.25, -0.2) is 14.6 Å². The zero-order valence-corrected chi connectivity index (χ0v) is 14.0. The van der Waals surface area contributed by atoms with Crippen LogP contribution in [0.4, 0.5) is 0 Å². The lowest BCUT2D eigenvalue weighted by molar-refractivity contribution is -0.139. The van der Waals surface area contributed by atoms with Gasteiger partial charge >= 0.3 is 11.9 Å². The molecule has 0 aliphatic carbocycles. The Labute approximate surface area is 146 Å². The van der Waals surface area contributed by atoms with E-state index in [1.165, 1.54) is 5.56 Å². The number of carbonyl (C=O) groups excluding carboxylic acids is 2. The number of imidazole rings is 1. The third-order valence-corrected chi connectivity index (χ3v) is 3.11. The smallest absolute Gasteiger partial charge is 0.331 e. The number of ether oxygens (including phenoxy) is 2. The molecule has 0 bridgehead atoms. The molecule has 1 heterocycles. The Morgan fingerprint density at radius 3 is 2.56 bits per heavy atom. The van der Waals surface area contributed by atoms with Gasteiger partial charge in [-0.3, -0.25) is 0 Å². The second-order valence-corrected chi connectivity index (χ2v) is 5.07. The van der Waals surface area contributed by atoms with E-state index in [0.717, 1.165) is 24.4 Å². The number of esters is 2. The van der Waals surface area contributed by atoms with Crippen molar-refractivity contribution in [3.05, 3.63) is 72.3 Å². The number of carbonyl (C=O) groups is 2. The van der Waals surface area contributed by atoms with Crippen molar-refractivity contribution >= 4 is 18.0 Å². The SMILES string of the molecule is CCOC(=O)/C=C/C(=O)OC/C=C/c1cn(Cc2ccccc2)cn1. The summed E-state index contributed by atoms with van der Waals surface area (Å²) >= 11 is 0. The number of rotatable bonds is 8. The fourth-order valence-electron chi connectivity index (χ4n) is 2.02. The zero-order chi connectivity index (χ0) is 17.9. The summed E-state index contributed by atoms with van der Waals surface area (Å²) in [4.78, 5) is 26.7. The van der Waals surface area contributed by atoms with Crippen molar-refractivity contribution < 1.29 is 19.1 Å². The summed E-state index contributed by atoms with van der Waals surface area (Å²) in [7, 11) is 0. The molecule has 25 heavy (non-hydrogen) atoms. The first kappa shape index (κ1) is 18.2. The van der Waals surface area contributed by atoms with E-state index in [2.05, 4.69) is 21.9 Å². The lowest BCUT2D eigenvalue weighted by Crippen LogP contribution is -2.04. The van der Waals surface area contributed by atoms with Gasteiger partial charge in [0.15, 0.2) is 0 Å². The topological polar surface area (TPSA) is 70.4 Å². The Morgan fingerprint density at radius 2 is 1.84 bits per heavy atom. The van der Waals surface area contributed by atoms with Crippen LogP contribution in [0.25, 0.3) is 6.08 Å². The lowest BCUT2D eigenvalue weighted by Gasteiger charge is -2.00. The van der Waals surface area contributed by atoms with Gasteiger partial charge in [0.05, 0.1) is 18.6 Å². The standard InChI is InChI=1S/C19H20N2O4/c1-2-24-18(22)10-11-19(23)25-12-6-9-17-14-21(15-20-17)13-16-7-4-3-5-8-16/h3-11,14-15H,2,12-13H2,1H3/b9-6+,11-10+. The maximum absolute atomic E-state index is 11.4. The highest BCUT2D eigenvalue weighted by molar-refractivity contribution is 5.91. The molecule has 0 saturated heterocycles. The molecular weight excluding hydrogens is 320 g/mol. The monoisotopic (exact) mass is 340 g/mol. The van der Waals surface area contributed by atoms with Crippen molar-refractivity contribution in [3.63, 3.8) is 0 Å². The van der Waals surface area contributed by atoms with Crippen LogP contribution in [0.2, 0.25) is 0 Å². The molecule has 130 valence electrons. The Balaban J connectivity index is 1.75. The summed E-state index contributed by atoms with van der Waals surface area (Å²) in [6.45, 7) is 2.79. The summed E-state index contributed by atoms with van der Waals surface area (Å²) in [6.07, 6.45) is 9.20. The molecule has 6 nitrogen and oxygen atoms in total. The highest BCUT2D eigenvalue weighted by Gasteiger charge is 1.99. The average molecular weight is 340 g/mol. The van der Waals surface area contributed by atoms with Gasteiger partial charge in [-0.1, -0.05) is 30.3 Å². The zero-order valence-electron chi connectivity index (χ0n) is 14.0. The average Bonchev–Trinajstić information content (AvgIpc) is 3.05. The molecule has 0 amide bonds. The molecular formula is C19H20N2O4. The minimum absolute atomic E-state index is 0.0948. The molecule has 0 aliphatic heterocycles. The van der Waals surface area contributed by atoms with Crippen molar-refractivity contribution in [1.29, 1.82) is 0 Å². The predicted octanol–water partition coefficient (Wildman–Crippen LogP) is 2.61. The van der Waals surface area contributed by atoms with Crippen molar-refractivity contribution in [2.75, 3.05) is 13.2 Å². The molecule has 1 aromatic heterocycles. The molecule has 1 aromatic carbocycles. The van der Waals surface area contributed by atoms with E-state index in [-0.39, 0.29) is 13.2 Å². The molecule has 0 atom stereocenters. The van der Waals surface area contributed by atoms with Crippen LogP contribution in [0.15, 0.2) is 61.1 Å². The van der Waals surface area contributed by atoms with Gasteiger partial charge in [-0.15, -0.1) is 0 Å². The van der Waals surface area contributed by atoms with Gasteiger partial charge in [0.25, 0.3) is 0 Å². The van der Waals surface area contributed by atoms with Crippen molar-refractivity contribution in [1.82, 2.24) is 9.55 Å². The van der Waals surface area contributed by atoms with Gasteiger partial charge in [0.1, 0.15) is 6.61 Å². The number of hydrogen-bond donors (Lipinski definition) is 0. The number of hydrogen-bond acceptors (Lipinski definition) is 5. The predicted molar refractivity (Wildman–Crippen MR) is 93.5 cm³/mol. The van der Waals surface area contributed by atoms with Crippen molar-refractivity contribution in [2.24, 2.45) is 0 Å². The normalized spacial score (nSPS) is 11.1. The van der Waals surface area contributed by atoms with Crippen LogP contribution in [0.3, 0.4) is 0 Å². The summed E-state index contributed by atoms with van der Waals surface area (Å²) in [5.74, 6) is -1.17. The van der Waals surface area contributed by atoms with E-state index >= 15 is 0 Å². The minimum Gasteiger partial charge on any atom is -0.463 e. The summed E-state index contributed by atoms with van der Waals surface area (Å²) in [6, 6.07) is 10.1. The largest absolute Gasteiger partial charge is 0.463 e. The molecule has 0 spiro atoms. The Kier molecular flexibility index (Phi) is 7.18. The van der Waals surface area contributed by atoms with E-state index in [4.69, 9.17) is 4.74 Å². The molecule has 0 unspecified atom stereocenters. The molecule has 0 N–H and O–H groups in total. The van der Waals surface area contributed by atoms with Crippen LogP contribution >= 0.6 is 0 Å². The van der Waals surface area contributed by atoms with E-state index < -0.39 is 11.9 Å². The summed E-state index contributed by atoms with van der Waals surface area (Å²) in [5, 5.41) is 0. The number of benzene rings is 1. The number of aromatic nitrogens is 2. The third kappa shape index (κ3) is 6.87. The van der Waals surface area contributed by atoms with Crippen molar-refractivity contribution in [2.45, 2.75) is 13.5 Å². The maximum atomic E-state index is 11.4. The third-order valence-electron chi connectivity index (χ3n) is 3.11. The molecule has 2 rings (SSSR count). The maximum Gasteiger partial charge on any atom is 0.331 e. The van der Waals surface area contributed by atoms with Gasteiger partial charge in [0, 0.05) is 24.9 Å². The van der Waals surface area contributed by atoms with E-state index in [1.54, 1.807) is 25.4 Å². The van der Waals surface area contributed by atoms with Crippen molar-refractivity contribution in [3.8, 4) is 0 Å². The van der Waals surface area contributed by atoms with E-state index in [1.807, 2.05) is 29.0 Å². The molecule has 2 aromatic rings. The van der Waals surface area contributed by atoms with Gasteiger partial charge < -0.3 is 14.0 Å². The Hall–Kier alpha value is -3.15. The second-order valence-electron chi connectivity index (χ2n) is 5.07. The fraction of sp³-hybridized carbons (Fsp3) is 0.211. The fourth-order valence-corrected chi connectivity index (χ4v) is 2.02. The summed E-state index contributed by atoms with van der Waals surface area (Å²) < 4.78 is 11.6. The van der Waals surface area contributed by atoms with Gasteiger partial charge in [0.2, 0.25) is 0 Å². The van der Waals surface area contributed by atoms with E-state index in [0.29, 0.717) is 0 Å². The molecule has 0 radical (unpaired) electrons. The van der Waals surface area contributed by atoms with Crippen LogP contribution < -0.4 is 0 Å². The van der Waals surface area contributed by atoms with Gasteiger partial charge in [-0.2, -0.15) is 0 Å². The van der Waals surface area contributed by atoms with Crippen LogP contribution in [0, 0.1) is 0 Å². The quantitative estimate of drug-likeness (QED) is 0.546. The van der Waals surface area contributed by atoms with Crippen LogP contribution in [0.1, 0.15) is 18.2 Å². The summed E-state index contributed by atoms with van der Waals surface area (Å²) in [5.41, 5.74) is 1.96. The highest BCUT2D eigenvalue weighted by atomic mass is 16.5. The van der Waals surface area contributed by atoms with Crippen LogP contribution in [-0.2, 0) is 25.6 Å². The molecule has 0 aliphatic rings. The first-order valence-electron chi connectivity index (χ1n) is 7.91. The molecule has 0 fully saturated rings. The van der Waals surface area contributed by atoms with Crippen LogP contribution in [0.5, 0.6) is 0 Å². The lowest BCUT2D eigenvalue weighted by atomic mass is 10.2. The Morgan fingerprint density at radius 1 is 1.12 bits per heavy atom. The highest BCUT2D eigenvalue weighted by Crippen LogP contribution is 2.05.